The number of anilines is 1. The van der Waals surface area contributed by atoms with Crippen LogP contribution in [0.5, 0.6) is 11.5 Å². The Morgan fingerprint density at radius 2 is 1.84 bits per heavy atom. The van der Waals surface area contributed by atoms with E-state index in [1.54, 1.807) is 31.2 Å². The highest BCUT2D eigenvalue weighted by molar-refractivity contribution is 7.92. The fourth-order valence-electron chi connectivity index (χ4n) is 3.53. The van der Waals surface area contributed by atoms with Crippen molar-refractivity contribution in [3.05, 3.63) is 58.1 Å². The maximum atomic E-state index is 13.6. The van der Waals surface area contributed by atoms with Gasteiger partial charge in [-0.3, -0.25) is 24.0 Å². The molecule has 0 aromatic heterocycles. The van der Waals surface area contributed by atoms with E-state index in [4.69, 9.17) is 9.47 Å². The zero-order valence-electron chi connectivity index (χ0n) is 21.5. The second-order valence-electron chi connectivity index (χ2n) is 8.22. The Labute approximate surface area is 216 Å². The third kappa shape index (κ3) is 7.81. The van der Waals surface area contributed by atoms with Gasteiger partial charge in [0.15, 0.2) is 0 Å². The molecule has 1 atom stereocenters. The number of rotatable bonds is 13. The molecule has 0 saturated carbocycles. The number of ether oxygens (including phenoxy) is 2. The number of sulfonamides is 1. The summed E-state index contributed by atoms with van der Waals surface area (Å²) in [6, 6.07) is 9.41. The van der Waals surface area contributed by atoms with E-state index < -0.39 is 39.3 Å². The second-order valence-corrected chi connectivity index (χ2v) is 10.1. The van der Waals surface area contributed by atoms with E-state index >= 15 is 0 Å². The van der Waals surface area contributed by atoms with Crippen LogP contribution >= 0.6 is 0 Å². The van der Waals surface area contributed by atoms with Gasteiger partial charge < -0.3 is 19.7 Å². The molecule has 2 aromatic carbocycles. The zero-order valence-corrected chi connectivity index (χ0v) is 22.3. The highest BCUT2D eigenvalue weighted by atomic mass is 32.2. The molecule has 0 radical (unpaired) electrons. The second kappa shape index (κ2) is 12.9. The quantitative estimate of drug-likeness (QED) is 0.303. The summed E-state index contributed by atoms with van der Waals surface area (Å²) in [4.78, 5) is 38.3. The molecule has 1 N–H and O–H groups in total. The standard InChI is InChI=1S/C24H32N4O8S/c1-6-12-25-24(30)17(2)26(15-18-8-7-9-20(13-18)35-3)23(29)16-27(37(5,33)34)21-14-19(28(31)32)10-11-22(21)36-4/h7-11,13-14,17H,6,12,15-16H2,1-5H3,(H,25,30)/t17-/m1/s1. The number of hydrogen-bond acceptors (Lipinski definition) is 8. The van der Waals surface area contributed by atoms with Crippen molar-refractivity contribution in [1.82, 2.24) is 10.2 Å². The highest BCUT2D eigenvalue weighted by Gasteiger charge is 2.32. The van der Waals surface area contributed by atoms with Crippen molar-refractivity contribution in [3.8, 4) is 11.5 Å². The first kappa shape index (κ1) is 29.4. The summed E-state index contributed by atoms with van der Waals surface area (Å²) in [5.41, 5.74) is 0.107. The Kier molecular flexibility index (Phi) is 10.2. The lowest BCUT2D eigenvalue weighted by atomic mass is 10.1. The van der Waals surface area contributed by atoms with Crippen LogP contribution in [0.1, 0.15) is 25.8 Å². The molecule has 0 unspecified atom stereocenters. The van der Waals surface area contributed by atoms with E-state index in [-0.39, 0.29) is 23.7 Å². The van der Waals surface area contributed by atoms with Crippen LogP contribution in [0.4, 0.5) is 11.4 Å². The summed E-state index contributed by atoms with van der Waals surface area (Å²) in [7, 11) is -1.32. The molecule has 0 spiro atoms. The Balaban J connectivity index is 2.51. The molecule has 12 nitrogen and oxygen atoms in total. The lowest BCUT2D eigenvalue weighted by Gasteiger charge is -2.31. The normalized spacial score (nSPS) is 11.8. The van der Waals surface area contributed by atoms with Gasteiger partial charge in [0.1, 0.15) is 29.8 Å². The Morgan fingerprint density at radius 3 is 2.41 bits per heavy atom. The minimum absolute atomic E-state index is 0.0135. The summed E-state index contributed by atoms with van der Waals surface area (Å²) in [5.74, 6) is -0.526. The number of methoxy groups -OCH3 is 2. The molecule has 2 aromatic rings. The lowest BCUT2D eigenvalue weighted by molar-refractivity contribution is -0.384. The topological polar surface area (TPSA) is 148 Å². The average molecular weight is 537 g/mol. The van der Waals surface area contributed by atoms with Gasteiger partial charge in [-0.05, 0) is 37.1 Å². The molecule has 2 rings (SSSR count). The first-order valence-electron chi connectivity index (χ1n) is 11.4. The van der Waals surface area contributed by atoms with Gasteiger partial charge in [0.2, 0.25) is 21.8 Å². The zero-order chi connectivity index (χ0) is 27.8. The van der Waals surface area contributed by atoms with Crippen LogP contribution < -0.4 is 19.1 Å². The monoisotopic (exact) mass is 536 g/mol. The van der Waals surface area contributed by atoms with Crippen molar-refractivity contribution in [2.45, 2.75) is 32.9 Å². The van der Waals surface area contributed by atoms with Crippen molar-refractivity contribution in [2.24, 2.45) is 0 Å². The first-order chi connectivity index (χ1) is 17.4. The number of carbonyl (C=O) groups is 2. The van der Waals surface area contributed by atoms with Gasteiger partial charge in [0.05, 0.1) is 25.4 Å². The Morgan fingerprint density at radius 1 is 1.14 bits per heavy atom. The third-order valence-electron chi connectivity index (χ3n) is 5.52. The van der Waals surface area contributed by atoms with Gasteiger partial charge in [0, 0.05) is 25.2 Å². The van der Waals surface area contributed by atoms with Gasteiger partial charge in [-0.2, -0.15) is 0 Å². The fourth-order valence-corrected chi connectivity index (χ4v) is 4.37. The van der Waals surface area contributed by atoms with E-state index in [1.165, 1.54) is 31.3 Å². The molecule has 0 aliphatic heterocycles. The highest BCUT2D eigenvalue weighted by Crippen LogP contribution is 2.34. The summed E-state index contributed by atoms with van der Waals surface area (Å²) in [6.07, 6.45) is 1.57. The van der Waals surface area contributed by atoms with Gasteiger partial charge in [-0.15, -0.1) is 0 Å². The number of benzene rings is 2. The largest absolute Gasteiger partial charge is 0.497 e. The van der Waals surface area contributed by atoms with E-state index in [2.05, 4.69) is 5.32 Å². The maximum absolute atomic E-state index is 13.6. The molecule has 202 valence electrons. The summed E-state index contributed by atoms with van der Waals surface area (Å²) >= 11 is 0. The molecule has 0 bridgehead atoms. The number of nitro groups is 1. The molecule has 0 heterocycles. The minimum atomic E-state index is -4.10. The van der Waals surface area contributed by atoms with Gasteiger partial charge in [0.25, 0.3) is 5.69 Å². The van der Waals surface area contributed by atoms with E-state index in [9.17, 15) is 28.1 Å². The number of nitro benzene ring substituents is 1. The van der Waals surface area contributed by atoms with Crippen LogP contribution in [0.3, 0.4) is 0 Å². The summed E-state index contributed by atoms with van der Waals surface area (Å²) in [6.45, 7) is 3.11. The molecule has 0 aliphatic carbocycles. The van der Waals surface area contributed by atoms with Crippen LogP contribution in [0.2, 0.25) is 0 Å². The molecule has 37 heavy (non-hydrogen) atoms. The van der Waals surface area contributed by atoms with Crippen LogP contribution in [0, 0.1) is 10.1 Å². The number of hydrogen-bond donors (Lipinski definition) is 1. The van der Waals surface area contributed by atoms with Crippen molar-refractivity contribution in [3.63, 3.8) is 0 Å². The Bertz CT molecular complexity index is 1240. The SMILES string of the molecule is CCCNC(=O)[C@@H](C)N(Cc1cccc(OC)c1)C(=O)CN(c1cc([N+](=O)[O-])ccc1OC)S(C)(=O)=O. The van der Waals surface area contributed by atoms with Crippen molar-refractivity contribution in [2.75, 3.05) is 37.9 Å². The van der Waals surface area contributed by atoms with E-state index in [1.807, 2.05) is 6.92 Å². The molecule has 0 fully saturated rings. The predicted molar refractivity (Wildman–Crippen MR) is 138 cm³/mol. The first-order valence-corrected chi connectivity index (χ1v) is 13.3. The number of amides is 2. The van der Waals surface area contributed by atoms with Crippen LogP contribution in [0.25, 0.3) is 0 Å². The molecule has 0 aliphatic rings. The fraction of sp³-hybridized carbons (Fsp3) is 0.417. The molecular weight excluding hydrogens is 504 g/mol. The predicted octanol–water partition coefficient (Wildman–Crippen LogP) is 2.32. The van der Waals surface area contributed by atoms with Gasteiger partial charge in [-0.25, -0.2) is 8.42 Å². The van der Waals surface area contributed by atoms with Crippen molar-refractivity contribution in [1.29, 1.82) is 0 Å². The minimum Gasteiger partial charge on any atom is -0.497 e. The Hall–Kier alpha value is -3.87. The average Bonchev–Trinajstić information content (AvgIpc) is 2.87. The van der Waals surface area contributed by atoms with Crippen LogP contribution in [-0.4, -0.2) is 69.7 Å². The smallest absolute Gasteiger partial charge is 0.271 e. The molecule has 2 amide bonds. The van der Waals surface area contributed by atoms with E-state index in [0.717, 1.165) is 16.6 Å². The van der Waals surface area contributed by atoms with Crippen LogP contribution in [-0.2, 0) is 26.2 Å². The summed E-state index contributed by atoms with van der Waals surface area (Å²) in [5, 5.41) is 14.1. The van der Waals surface area contributed by atoms with Crippen molar-refractivity contribution >= 4 is 33.2 Å². The lowest BCUT2D eigenvalue weighted by Crippen LogP contribution is -2.51. The summed E-state index contributed by atoms with van der Waals surface area (Å²) < 4.78 is 36.7. The molecule has 13 heteroatoms. The third-order valence-corrected chi connectivity index (χ3v) is 6.65. The van der Waals surface area contributed by atoms with Gasteiger partial charge in [-0.1, -0.05) is 19.1 Å². The number of nitrogens with zero attached hydrogens (tertiary/aromatic N) is 3. The number of carbonyl (C=O) groups excluding carboxylic acids is 2. The van der Waals surface area contributed by atoms with Gasteiger partial charge >= 0.3 is 0 Å². The number of non-ortho nitro benzene ring substituents is 1. The van der Waals surface area contributed by atoms with E-state index in [0.29, 0.717) is 24.3 Å². The molecule has 0 saturated heterocycles. The van der Waals surface area contributed by atoms with Crippen LogP contribution in [0.15, 0.2) is 42.5 Å². The van der Waals surface area contributed by atoms with Crippen molar-refractivity contribution < 1.29 is 32.4 Å². The maximum Gasteiger partial charge on any atom is 0.271 e. The molecular formula is C24H32N4O8S. The number of nitrogens with one attached hydrogen (secondary N) is 1.